The lowest BCUT2D eigenvalue weighted by molar-refractivity contribution is 0.168. The maximum absolute atomic E-state index is 13.3. The molecular weight excluding hydrogens is 272 g/mol. The van der Waals surface area contributed by atoms with Gasteiger partial charge in [0.1, 0.15) is 5.82 Å². The Morgan fingerprint density at radius 2 is 2.20 bits per heavy atom. The van der Waals surface area contributed by atoms with E-state index >= 15 is 0 Å². The van der Waals surface area contributed by atoms with Crippen molar-refractivity contribution in [3.8, 4) is 0 Å². The molecule has 1 amide bonds. The van der Waals surface area contributed by atoms with Gasteiger partial charge in [-0.3, -0.25) is 5.32 Å². The van der Waals surface area contributed by atoms with E-state index in [1.165, 1.54) is 0 Å². The molecule has 1 rings (SSSR count). The van der Waals surface area contributed by atoms with Gasteiger partial charge in [0.25, 0.3) is 0 Å². The number of hydrogen-bond acceptors (Lipinski definition) is 2. The van der Waals surface area contributed by atoms with Crippen molar-refractivity contribution in [1.29, 1.82) is 0 Å². The molecule has 0 aromatic heterocycles. The maximum atomic E-state index is 13.3. The minimum Gasteiger partial charge on any atom is -0.450 e. The highest BCUT2D eigenvalue weighted by molar-refractivity contribution is 9.10. The Kier molecular flexibility index (Phi) is 4.02. The van der Waals surface area contributed by atoms with E-state index in [-0.39, 0.29) is 16.8 Å². The Morgan fingerprint density at radius 3 is 2.80 bits per heavy atom. The van der Waals surface area contributed by atoms with E-state index in [1.807, 2.05) is 0 Å². The number of halogens is 3. The topological polar surface area (TPSA) is 38.3 Å². The number of benzene rings is 1. The molecule has 0 aliphatic rings. The lowest BCUT2D eigenvalue weighted by Crippen LogP contribution is -2.14. The average Bonchev–Trinajstić information content (AvgIpc) is 2.20. The van der Waals surface area contributed by atoms with Gasteiger partial charge in [0, 0.05) is 0 Å². The van der Waals surface area contributed by atoms with Crippen molar-refractivity contribution in [3.05, 3.63) is 28.2 Å². The highest BCUT2D eigenvalue weighted by Gasteiger charge is 2.13. The molecule has 0 fully saturated rings. The molecule has 0 spiro atoms. The van der Waals surface area contributed by atoms with Crippen molar-refractivity contribution in [2.75, 3.05) is 11.9 Å². The fourth-order valence-electron chi connectivity index (χ4n) is 0.900. The largest absolute Gasteiger partial charge is 0.450 e. The third-order valence-corrected chi connectivity index (χ3v) is 2.27. The second kappa shape index (κ2) is 5.06. The summed E-state index contributed by atoms with van der Waals surface area (Å²) in [6.45, 7) is 1.80. The number of carbonyl (C=O) groups is 1. The number of carbonyl (C=O) groups excluding carboxylic acids is 1. The van der Waals surface area contributed by atoms with Crippen molar-refractivity contribution < 1.29 is 18.3 Å². The van der Waals surface area contributed by atoms with E-state index in [0.29, 0.717) is 0 Å². The van der Waals surface area contributed by atoms with Crippen LogP contribution in [0.15, 0.2) is 16.6 Å². The Labute approximate surface area is 93.5 Å². The number of hydrogen-bond donors (Lipinski definition) is 1. The Balaban J connectivity index is 2.87. The zero-order valence-electron chi connectivity index (χ0n) is 7.81. The Bertz CT molecular complexity index is 385. The number of ether oxygens (including phenoxy) is 1. The average molecular weight is 280 g/mol. The van der Waals surface area contributed by atoms with Crippen LogP contribution in [0.3, 0.4) is 0 Å². The van der Waals surface area contributed by atoms with Gasteiger partial charge in [-0.1, -0.05) is 0 Å². The quantitative estimate of drug-likeness (QED) is 0.844. The van der Waals surface area contributed by atoms with E-state index in [1.54, 1.807) is 6.92 Å². The van der Waals surface area contributed by atoms with E-state index in [4.69, 9.17) is 0 Å². The highest BCUT2D eigenvalue weighted by Crippen LogP contribution is 2.25. The summed E-state index contributed by atoms with van der Waals surface area (Å²) in [4.78, 5) is 11.0. The van der Waals surface area contributed by atoms with Gasteiger partial charge in [0.15, 0.2) is 5.82 Å². The molecule has 0 saturated carbocycles. The first-order valence-electron chi connectivity index (χ1n) is 4.13. The van der Waals surface area contributed by atoms with Crippen molar-refractivity contribution in [2.24, 2.45) is 0 Å². The van der Waals surface area contributed by atoms with Gasteiger partial charge < -0.3 is 4.74 Å². The van der Waals surface area contributed by atoms with Crippen LogP contribution >= 0.6 is 15.9 Å². The molecule has 0 heterocycles. The molecule has 0 atom stereocenters. The van der Waals surface area contributed by atoms with Gasteiger partial charge in [-0.25, -0.2) is 13.6 Å². The first kappa shape index (κ1) is 11.9. The second-order valence-corrected chi connectivity index (χ2v) is 3.36. The van der Waals surface area contributed by atoms with Gasteiger partial charge in [0.2, 0.25) is 0 Å². The van der Waals surface area contributed by atoms with Crippen LogP contribution < -0.4 is 5.32 Å². The number of amides is 1. The highest BCUT2D eigenvalue weighted by atomic mass is 79.9. The molecule has 1 aromatic carbocycles. The zero-order valence-corrected chi connectivity index (χ0v) is 9.40. The minimum atomic E-state index is -0.872. The second-order valence-electron chi connectivity index (χ2n) is 2.57. The van der Waals surface area contributed by atoms with Gasteiger partial charge in [0.05, 0.1) is 16.8 Å². The number of rotatable bonds is 2. The smallest absolute Gasteiger partial charge is 0.411 e. The predicted molar refractivity (Wildman–Crippen MR) is 54.7 cm³/mol. The summed E-state index contributed by atoms with van der Waals surface area (Å²) in [6, 6.07) is 2.15. The first-order chi connectivity index (χ1) is 7.06. The molecule has 0 bridgehead atoms. The molecule has 6 heteroatoms. The van der Waals surface area contributed by atoms with Crippen molar-refractivity contribution in [2.45, 2.75) is 6.92 Å². The molecular formula is C9H8BrF2NO2. The summed E-state index contributed by atoms with van der Waals surface area (Å²) < 4.78 is 30.3. The Morgan fingerprint density at radius 1 is 1.53 bits per heavy atom. The predicted octanol–water partition coefficient (Wildman–Crippen LogP) is 3.30. The van der Waals surface area contributed by atoms with Crippen LogP contribution in [0.25, 0.3) is 0 Å². The molecule has 0 aliphatic carbocycles. The molecule has 0 unspecified atom stereocenters. The van der Waals surface area contributed by atoms with E-state index in [0.717, 1.165) is 12.1 Å². The summed E-state index contributed by atoms with van der Waals surface area (Å²) in [7, 11) is 0. The third kappa shape index (κ3) is 2.89. The molecule has 0 saturated heterocycles. The fourth-order valence-corrected chi connectivity index (χ4v) is 1.25. The van der Waals surface area contributed by atoms with Crippen LogP contribution in [0.5, 0.6) is 0 Å². The van der Waals surface area contributed by atoms with Crippen LogP contribution in [-0.4, -0.2) is 12.7 Å². The molecule has 1 N–H and O–H groups in total. The van der Waals surface area contributed by atoms with Crippen LogP contribution in [-0.2, 0) is 4.74 Å². The van der Waals surface area contributed by atoms with Gasteiger partial charge in [-0.2, -0.15) is 0 Å². The summed E-state index contributed by atoms with van der Waals surface area (Å²) in [5.74, 6) is -1.61. The van der Waals surface area contributed by atoms with E-state index in [9.17, 15) is 13.6 Å². The van der Waals surface area contributed by atoms with Gasteiger partial charge >= 0.3 is 6.09 Å². The molecule has 15 heavy (non-hydrogen) atoms. The van der Waals surface area contributed by atoms with E-state index in [2.05, 4.69) is 26.0 Å². The minimum absolute atomic E-state index is 0.137. The molecule has 0 aliphatic heterocycles. The normalized spacial score (nSPS) is 9.87. The van der Waals surface area contributed by atoms with Crippen molar-refractivity contribution in [3.63, 3.8) is 0 Å². The first-order valence-corrected chi connectivity index (χ1v) is 4.92. The van der Waals surface area contributed by atoms with Crippen molar-refractivity contribution >= 4 is 27.7 Å². The molecule has 82 valence electrons. The Hall–Kier alpha value is -1.17. The summed E-state index contributed by atoms with van der Waals surface area (Å²) in [6.07, 6.45) is -0.782. The van der Waals surface area contributed by atoms with E-state index < -0.39 is 17.7 Å². The molecule has 3 nitrogen and oxygen atoms in total. The van der Waals surface area contributed by atoms with Crippen LogP contribution in [0.2, 0.25) is 0 Å². The summed E-state index contributed by atoms with van der Waals surface area (Å²) >= 11 is 2.72. The van der Waals surface area contributed by atoms with Gasteiger partial charge in [-0.15, -0.1) is 0 Å². The van der Waals surface area contributed by atoms with Gasteiger partial charge in [-0.05, 0) is 35.0 Å². The van der Waals surface area contributed by atoms with Crippen molar-refractivity contribution in [1.82, 2.24) is 0 Å². The lowest BCUT2D eigenvalue weighted by Gasteiger charge is -2.07. The number of anilines is 1. The molecule has 1 aromatic rings. The van der Waals surface area contributed by atoms with Crippen LogP contribution in [0.1, 0.15) is 6.92 Å². The standard InChI is InChI=1S/C9H8BrF2NO2/c1-2-15-9(14)13-6-4-3-5(11)7(10)8(6)12/h3-4H,2H2,1H3,(H,13,14). The van der Waals surface area contributed by atoms with Crippen LogP contribution in [0, 0.1) is 11.6 Å². The number of nitrogens with one attached hydrogen (secondary N) is 1. The lowest BCUT2D eigenvalue weighted by atomic mass is 10.3. The molecule has 0 radical (unpaired) electrons. The zero-order chi connectivity index (χ0) is 11.4. The van der Waals surface area contributed by atoms with Crippen LogP contribution in [0.4, 0.5) is 19.3 Å². The monoisotopic (exact) mass is 279 g/mol. The third-order valence-electron chi connectivity index (χ3n) is 1.55. The fraction of sp³-hybridized carbons (Fsp3) is 0.222. The SMILES string of the molecule is CCOC(=O)Nc1ccc(F)c(Br)c1F. The summed E-state index contributed by atoms with van der Waals surface area (Å²) in [5.41, 5.74) is -0.137. The summed E-state index contributed by atoms with van der Waals surface area (Å²) in [5, 5.41) is 2.15. The maximum Gasteiger partial charge on any atom is 0.411 e.